The molecule has 2 unspecified atom stereocenters. The van der Waals surface area contributed by atoms with Crippen LogP contribution >= 0.6 is 11.6 Å². The van der Waals surface area contributed by atoms with Gasteiger partial charge in [-0.15, -0.1) is 0 Å². The second-order valence-electron chi connectivity index (χ2n) is 6.86. The summed E-state index contributed by atoms with van der Waals surface area (Å²) < 4.78 is 16.7. The van der Waals surface area contributed by atoms with E-state index in [0.717, 1.165) is 5.56 Å². The lowest BCUT2D eigenvalue weighted by Crippen LogP contribution is -2.46. The van der Waals surface area contributed by atoms with Crippen molar-refractivity contribution in [2.75, 3.05) is 6.61 Å². The molecule has 1 aliphatic heterocycles. The Bertz CT molecular complexity index is 1080. The highest BCUT2D eigenvalue weighted by molar-refractivity contribution is 6.30. The molecule has 31 heavy (non-hydrogen) atoms. The van der Waals surface area contributed by atoms with Crippen LogP contribution in [0.1, 0.15) is 17.4 Å². The van der Waals surface area contributed by atoms with Gasteiger partial charge in [0.15, 0.2) is 0 Å². The summed E-state index contributed by atoms with van der Waals surface area (Å²) in [7, 11) is 0. The van der Waals surface area contributed by atoms with Crippen LogP contribution in [-0.2, 0) is 16.1 Å². The van der Waals surface area contributed by atoms with Crippen molar-refractivity contribution < 1.29 is 23.5 Å². The highest BCUT2D eigenvalue weighted by Gasteiger charge is 2.41. The SMILES string of the molecule is O=C1N=C(COc2cccc(Cl)c2)C(C(=O)OCc2ccccc2)C(c2ccco2)N1. The first-order valence-corrected chi connectivity index (χ1v) is 9.98. The maximum absolute atomic E-state index is 13.1. The maximum Gasteiger partial charge on any atom is 0.341 e. The number of furan rings is 1. The Morgan fingerprint density at radius 2 is 1.90 bits per heavy atom. The van der Waals surface area contributed by atoms with E-state index in [2.05, 4.69) is 10.3 Å². The fourth-order valence-corrected chi connectivity index (χ4v) is 3.45. The third-order valence-electron chi connectivity index (χ3n) is 4.73. The number of nitrogens with one attached hydrogen (secondary N) is 1. The molecule has 0 fully saturated rings. The number of rotatable bonds is 7. The molecule has 0 saturated carbocycles. The van der Waals surface area contributed by atoms with Crippen LogP contribution in [0.4, 0.5) is 4.79 Å². The van der Waals surface area contributed by atoms with Gasteiger partial charge in [0.05, 0.1) is 12.0 Å². The van der Waals surface area contributed by atoms with Gasteiger partial charge in [0.25, 0.3) is 0 Å². The van der Waals surface area contributed by atoms with Crippen LogP contribution in [0.3, 0.4) is 0 Å². The standard InChI is InChI=1S/C23H19ClN2O5/c24-16-8-4-9-17(12-16)30-14-18-20(22(27)31-13-15-6-2-1-3-7-15)21(26-23(28)25-18)19-10-5-11-29-19/h1-12,20-21H,13-14H2,(H,26,28). The average Bonchev–Trinajstić information content (AvgIpc) is 3.31. The highest BCUT2D eigenvalue weighted by Crippen LogP contribution is 2.29. The number of carbonyl (C=O) groups is 2. The minimum Gasteiger partial charge on any atom is -0.488 e. The van der Waals surface area contributed by atoms with Crippen molar-refractivity contribution in [2.45, 2.75) is 12.6 Å². The average molecular weight is 439 g/mol. The summed E-state index contributed by atoms with van der Waals surface area (Å²) in [6.45, 7) is 0.00744. The largest absolute Gasteiger partial charge is 0.488 e. The summed E-state index contributed by atoms with van der Waals surface area (Å²) >= 11 is 6.00. The molecule has 0 aliphatic carbocycles. The molecule has 2 heterocycles. The molecule has 2 atom stereocenters. The predicted molar refractivity (Wildman–Crippen MR) is 114 cm³/mol. The molecular weight excluding hydrogens is 420 g/mol. The van der Waals surface area contributed by atoms with Crippen LogP contribution < -0.4 is 10.1 Å². The topological polar surface area (TPSA) is 90.1 Å². The molecule has 0 radical (unpaired) electrons. The van der Waals surface area contributed by atoms with E-state index in [1.807, 2.05) is 30.3 Å². The van der Waals surface area contributed by atoms with Gasteiger partial charge in [-0.25, -0.2) is 4.79 Å². The molecular formula is C23H19ClN2O5. The van der Waals surface area contributed by atoms with Crippen molar-refractivity contribution in [1.29, 1.82) is 0 Å². The van der Waals surface area contributed by atoms with Gasteiger partial charge in [0.2, 0.25) is 0 Å². The lowest BCUT2D eigenvalue weighted by molar-refractivity contribution is -0.148. The number of hydrogen-bond donors (Lipinski definition) is 1. The second-order valence-corrected chi connectivity index (χ2v) is 7.30. The number of amides is 2. The Morgan fingerprint density at radius 3 is 2.65 bits per heavy atom. The Morgan fingerprint density at radius 1 is 1.06 bits per heavy atom. The molecule has 0 spiro atoms. The van der Waals surface area contributed by atoms with E-state index < -0.39 is 24.0 Å². The first-order chi connectivity index (χ1) is 15.1. The summed E-state index contributed by atoms with van der Waals surface area (Å²) in [6.07, 6.45) is 1.47. The number of benzene rings is 2. The van der Waals surface area contributed by atoms with Gasteiger partial charge < -0.3 is 19.2 Å². The maximum atomic E-state index is 13.1. The number of nitrogens with zero attached hydrogens (tertiary/aromatic N) is 1. The number of carbonyl (C=O) groups excluding carboxylic acids is 2. The lowest BCUT2D eigenvalue weighted by Gasteiger charge is -2.29. The Labute approximate surface area is 183 Å². The Kier molecular flexibility index (Phi) is 6.33. The molecule has 3 aromatic rings. The van der Waals surface area contributed by atoms with Gasteiger partial charge >= 0.3 is 12.0 Å². The molecule has 2 amide bonds. The summed E-state index contributed by atoms with van der Waals surface area (Å²) in [6, 6.07) is 18.2. The van der Waals surface area contributed by atoms with Gasteiger partial charge in [0, 0.05) is 5.02 Å². The van der Waals surface area contributed by atoms with E-state index in [9.17, 15) is 9.59 Å². The zero-order valence-corrected chi connectivity index (χ0v) is 17.1. The Balaban J connectivity index is 1.56. The van der Waals surface area contributed by atoms with E-state index in [4.69, 9.17) is 25.5 Å². The molecule has 1 aromatic heterocycles. The quantitative estimate of drug-likeness (QED) is 0.545. The minimum absolute atomic E-state index is 0.0872. The van der Waals surface area contributed by atoms with Gasteiger partial charge in [-0.2, -0.15) is 4.99 Å². The summed E-state index contributed by atoms with van der Waals surface area (Å²) in [5.41, 5.74) is 1.09. The molecule has 2 aromatic carbocycles. The summed E-state index contributed by atoms with van der Waals surface area (Å²) in [5, 5.41) is 3.20. The Hall–Kier alpha value is -3.58. The summed E-state index contributed by atoms with van der Waals surface area (Å²) in [5.74, 6) is -0.539. The highest BCUT2D eigenvalue weighted by atomic mass is 35.5. The van der Waals surface area contributed by atoms with Crippen LogP contribution in [0.5, 0.6) is 5.75 Å². The third-order valence-corrected chi connectivity index (χ3v) is 4.96. The van der Waals surface area contributed by atoms with E-state index in [1.165, 1.54) is 6.26 Å². The molecule has 7 nitrogen and oxygen atoms in total. The number of aliphatic imine (C=N–C) groups is 1. The normalized spacial score (nSPS) is 18.1. The van der Waals surface area contributed by atoms with Gasteiger partial charge in [-0.3, -0.25) is 4.79 Å². The second kappa shape index (κ2) is 9.49. The number of urea groups is 1. The van der Waals surface area contributed by atoms with Gasteiger partial charge in [-0.1, -0.05) is 48.0 Å². The zero-order valence-electron chi connectivity index (χ0n) is 16.4. The van der Waals surface area contributed by atoms with Crippen LogP contribution in [-0.4, -0.2) is 24.3 Å². The fraction of sp³-hybridized carbons (Fsp3) is 0.174. The smallest absolute Gasteiger partial charge is 0.341 e. The van der Waals surface area contributed by atoms with Crippen molar-refractivity contribution in [2.24, 2.45) is 10.9 Å². The van der Waals surface area contributed by atoms with E-state index in [1.54, 1.807) is 36.4 Å². The summed E-state index contributed by atoms with van der Waals surface area (Å²) in [4.78, 5) is 29.3. The molecule has 158 valence electrons. The minimum atomic E-state index is -0.910. The third kappa shape index (κ3) is 5.13. The van der Waals surface area contributed by atoms with Crippen molar-refractivity contribution >= 4 is 29.3 Å². The van der Waals surface area contributed by atoms with E-state index in [0.29, 0.717) is 16.5 Å². The molecule has 0 saturated heterocycles. The molecule has 0 bridgehead atoms. The van der Waals surface area contributed by atoms with Crippen LogP contribution in [0.25, 0.3) is 0 Å². The van der Waals surface area contributed by atoms with Crippen LogP contribution in [0, 0.1) is 5.92 Å². The van der Waals surface area contributed by atoms with Crippen molar-refractivity contribution in [3.05, 3.63) is 89.3 Å². The molecule has 8 heteroatoms. The van der Waals surface area contributed by atoms with Gasteiger partial charge in [-0.05, 0) is 35.9 Å². The first-order valence-electron chi connectivity index (χ1n) is 9.60. The van der Waals surface area contributed by atoms with E-state index in [-0.39, 0.29) is 18.9 Å². The predicted octanol–water partition coefficient (Wildman–Crippen LogP) is 4.58. The van der Waals surface area contributed by atoms with Crippen LogP contribution in [0.15, 0.2) is 82.4 Å². The lowest BCUT2D eigenvalue weighted by atomic mass is 9.91. The van der Waals surface area contributed by atoms with Crippen molar-refractivity contribution in [3.8, 4) is 5.75 Å². The van der Waals surface area contributed by atoms with Gasteiger partial charge in [0.1, 0.15) is 36.7 Å². The number of hydrogen-bond acceptors (Lipinski definition) is 5. The first kappa shape index (κ1) is 20.7. The zero-order chi connectivity index (χ0) is 21.6. The number of ether oxygens (including phenoxy) is 2. The van der Waals surface area contributed by atoms with E-state index >= 15 is 0 Å². The molecule has 4 rings (SSSR count). The molecule has 1 N–H and O–H groups in total. The van der Waals surface area contributed by atoms with Crippen LogP contribution in [0.2, 0.25) is 5.02 Å². The molecule has 1 aliphatic rings. The fourth-order valence-electron chi connectivity index (χ4n) is 3.27. The number of halogens is 1. The number of esters is 1. The monoisotopic (exact) mass is 438 g/mol. The van der Waals surface area contributed by atoms with Crippen molar-refractivity contribution in [1.82, 2.24) is 5.32 Å². The van der Waals surface area contributed by atoms with Crippen molar-refractivity contribution in [3.63, 3.8) is 0 Å².